The van der Waals surface area contributed by atoms with Gasteiger partial charge in [-0.1, -0.05) is 24.0 Å². The summed E-state index contributed by atoms with van der Waals surface area (Å²) in [7, 11) is 1.59. The molecule has 456 valence electrons. The van der Waals surface area contributed by atoms with Crippen LogP contribution in [-0.4, -0.2) is 161 Å². The number of rotatable bonds is 20. The molecule has 0 radical (unpaired) electrons. The maximum Gasteiger partial charge on any atom is 0.407 e. The highest BCUT2D eigenvalue weighted by Gasteiger charge is 2.57. The van der Waals surface area contributed by atoms with Gasteiger partial charge in [-0.3, -0.25) is 24.7 Å². The van der Waals surface area contributed by atoms with Gasteiger partial charge in [0.05, 0.1) is 68.1 Å². The van der Waals surface area contributed by atoms with Crippen molar-refractivity contribution in [2.75, 3.05) is 52.0 Å². The minimum absolute atomic E-state index is 0.191. The zero-order valence-electron chi connectivity index (χ0n) is 46.3. The number of nitrogens with zero attached hydrogens (tertiary/aromatic N) is 7. The van der Waals surface area contributed by atoms with Crippen LogP contribution in [0.4, 0.5) is 59.4 Å². The molecule has 3 aliphatic heterocycles. The van der Waals surface area contributed by atoms with E-state index >= 15 is 8.78 Å². The molecule has 6 atom stereocenters. The van der Waals surface area contributed by atoms with Crippen LogP contribution in [0.2, 0.25) is 0 Å². The summed E-state index contributed by atoms with van der Waals surface area (Å²) in [6.45, 7) is 0.633. The maximum absolute atomic E-state index is 16.2. The standard InChI is InChI=1S/C54H61F10N11O9/c1-29(76)84-42(26-73(71-46(78)44(69-50(80)82-7)52(4,5)54(62,63)64)25-37-38(55)19-33(20-39(37)56)40-16-17-74(70-40)47(57)58)41(67-45(77)43(68-49(79)81-6)51(2,3)53(59,60)61)18-31-11-8-30(9-12-31)10-13-32-21-65-48(66-22-32)72-23-34-14-15-35(24-72)75(34)36-27-83-28-36/h8-9,11-12,16-17,19-22,34-36,41-44,47H,14-15,18,23-28H2,1-7H3,(H,67,77)(H,68,79)(H,69,80)(H,71,78). The largest absolute Gasteiger partial charge is 0.459 e. The number of halogens is 10. The number of aromatic nitrogens is 4. The average molecular weight is 1200 g/mol. The van der Waals surface area contributed by atoms with Crippen molar-refractivity contribution in [3.8, 4) is 23.1 Å². The van der Waals surface area contributed by atoms with E-state index in [4.69, 9.17) is 9.47 Å². The van der Waals surface area contributed by atoms with Crippen molar-refractivity contribution in [2.24, 2.45) is 10.8 Å². The third kappa shape index (κ3) is 14.9. The third-order valence-corrected chi connectivity index (χ3v) is 14.9. The number of methoxy groups -OCH3 is 2. The van der Waals surface area contributed by atoms with Crippen molar-refractivity contribution >= 4 is 35.9 Å². The molecule has 4 aromatic rings. The zero-order valence-corrected chi connectivity index (χ0v) is 46.3. The lowest BCUT2D eigenvalue weighted by atomic mass is 9.82. The van der Waals surface area contributed by atoms with E-state index in [2.05, 4.69) is 56.9 Å². The molecule has 0 spiro atoms. The number of nitrogens with one attached hydrogen (secondary N) is 4. The number of amides is 4. The molecule has 30 heteroatoms. The molecule has 4 amide bonds. The lowest BCUT2D eigenvalue weighted by Crippen LogP contribution is -2.64. The molecule has 2 aromatic carbocycles. The number of carbonyl (C=O) groups is 5. The molecule has 20 nitrogen and oxygen atoms in total. The lowest BCUT2D eigenvalue weighted by molar-refractivity contribution is -0.221. The summed E-state index contributed by atoms with van der Waals surface area (Å²) in [5.41, 5.74) is -4.71. The van der Waals surface area contributed by atoms with E-state index in [1.807, 2.05) is 5.32 Å². The second kappa shape index (κ2) is 26.0. The molecule has 84 heavy (non-hydrogen) atoms. The summed E-state index contributed by atoms with van der Waals surface area (Å²) in [5.74, 6) is -0.826. The van der Waals surface area contributed by atoms with Crippen LogP contribution in [0.15, 0.2) is 61.1 Å². The third-order valence-electron chi connectivity index (χ3n) is 14.9. The maximum atomic E-state index is 16.2. The molecule has 7 rings (SSSR count). The number of hydrazine groups is 1. The Bertz CT molecular complexity index is 3040. The molecule has 4 N–H and O–H groups in total. The molecular weight excluding hydrogens is 1140 g/mol. The van der Waals surface area contributed by atoms with Crippen molar-refractivity contribution in [3.05, 3.63) is 94.9 Å². The number of anilines is 1. The SMILES string of the molecule is COC(=O)NC(C(=O)NC(Cc1ccc(C#Cc2cnc(N3CC4CCC(C3)N4C3COC3)nc2)cc1)C(CN(Cc1c(F)cc(-c2ccn(C(F)F)n2)cc1F)NC(=O)C(NC(=O)OC)C(C)(C)C(F)(F)F)OC(C)=O)C(C)(C)C(F)(F)F. The van der Waals surface area contributed by atoms with Crippen LogP contribution in [0.3, 0.4) is 0 Å². The van der Waals surface area contributed by atoms with E-state index in [0.717, 1.165) is 72.6 Å². The fraction of sp³-hybridized carbons (Fsp3) is 0.519. The first-order valence-corrected chi connectivity index (χ1v) is 26.1. The van der Waals surface area contributed by atoms with Crippen molar-refractivity contribution in [1.29, 1.82) is 0 Å². The number of hydrogen-bond donors (Lipinski definition) is 4. The first-order valence-electron chi connectivity index (χ1n) is 26.1. The van der Waals surface area contributed by atoms with Gasteiger partial charge in [-0.2, -0.15) is 40.2 Å². The van der Waals surface area contributed by atoms with Gasteiger partial charge < -0.3 is 39.8 Å². The minimum atomic E-state index is -5.26. The second-order valence-corrected chi connectivity index (χ2v) is 21.4. The van der Waals surface area contributed by atoms with Crippen molar-refractivity contribution in [2.45, 2.75) is 122 Å². The van der Waals surface area contributed by atoms with Gasteiger partial charge in [-0.25, -0.2) is 38.0 Å². The van der Waals surface area contributed by atoms with Crippen LogP contribution >= 0.6 is 0 Å². The Morgan fingerprint density at radius 3 is 1.77 bits per heavy atom. The Hall–Kier alpha value is -7.78. The van der Waals surface area contributed by atoms with Gasteiger partial charge in [-0.15, -0.1) is 0 Å². The minimum Gasteiger partial charge on any atom is -0.459 e. The fourth-order valence-corrected chi connectivity index (χ4v) is 9.87. The van der Waals surface area contributed by atoms with Gasteiger partial charge in [-0.05, 0) is 82.9 Å². The van der Waals surface area contributed by atoms with Gasteiger partial charge in [0.2, 0.25) is 11.9 Å². The van der Waals surface area contributed by atoms with Gasteiger partial charge in [0.1, 0.15) is 29.8 Å². The molecular formula is C54H61F10N11O9. The van der Waals surface area contributed by atoms with E-state index in [-0.39, 0.29) is 21.5 Å². The van der Waals surface area contributed by atoms with E-state index in [0.29, 0.717) is 80.0 Å². The fourth-order valence-electron chi connectivity index (χ4n) is 9.87. The molecule has 0 aliphatic carbocycles. The normalized spacial score (nSPS) is 18.2. The number of alkyl carbamates (subject to hydrolysis) is 2. The van der Waals surface area contributed by atoms with Crippen LogP contribution in [-0.2, 0) is 46.3 Å². The molecule has 2 bridgehead atoms. The van der Waals surface area contributed by atoms with Gasteiger partial charge in [0.15, 0.2) is 0 Å². The second-order valence-electron chi connectivity index (χ2n) is 21.4. The molecule has 6 unspecified atom stereocenters. The smallest absolute Gasteiger partial charge is 0.407 e. The van der Waals surface area contributed by atoms with E-state index in [1.54, 1.807) is 17.7 Å². The Kier molecular flexibility index (Phi) is 19.8. The highest BCUT2D eigenvalue weighted by Crippen LogP contribution is 2.42. The van der Waals surface area contributed by atoms with Crippen LogP contribution in [0, 0.1) is 34.3 Å². The summed E-state index contributed by atoms with van der Waals surface area (Å²) in [6.07, 6.45) is -9.85. The number of benzene rings is 2. The number of alkyl halides is 8. The molecule has 3 aliphatic rings. The number of ether oxygens (including phenoxy) is 4. The highest BCUT2D eigenvalue weighted by atomic mass is 19.4. The number of carbonyl (C=O) groups excluding carboxylic acids is 5. The first kappa shape index (κ1) is 63.8. The predicted octanol–water partition coefficient (Wildman–Crippen LogP) is 6.58. The monoisotopic (exact) mass is 1200 g/mol. The Morgan fingerprint density at radius 2 is 1.30 bits per heavy atom. The summed E-state index contributed by atoms with van der Waals surface area (Å²) in [6, 6.07) is 2.57. The van der Waals surface area contributed by atoms with Gasteiger partial charge in [0.25, 0.3) is 5.91 Å². The molecule has 5 heterocycles. The zero-order chi connectivity index (χ0) is 61.6. The van der Waals surface area contributed by atoms with Gasteiger partial charge in [0, 0.05) is 73.9 Å². The molecule has 0 saturated carbocycles. The van der Waals surface area contributed by atoms with Crippen LogP contribution in [0.5, 0.6) is 0 Å². The topological polar surface area (TPSA) is 224 Å². The van der Waals surface area contributed by atoms with E-state index in [9.17, 15) is 59.1 Å². The first-order chi connectivity index (χ1) is 39.4. The number of piperazine rings is 1. The average Bonchev–Trinajstić information content (AvgIpc) is 2.35. The van der Waals surface area contributed by atoms with Crippen LogP contribution in [0.25, 0.3) is 11.3 Å². The quantitative estimate of drug-likeness (QED) is 0.0241. The summed E-state index contributed by atoms with van der Waals surface area (Å²) >= 11 is 0. The van der Waals surface area contributed by atoms with Crippen LogP contribution < -0.4 is 26.3 Å². The molecule has 2 aromatic heterocycles. The number of hydrogen-bond acceptors (Lipinski definition) is 15. The Labute approximate surface area is 475 Å². The summed E-state index contributed by atoms with van der Waals surface area (Å²) < 4.78 is 168. The van der Waals surface area contributed by atoms with E-state index in [1.165, 1.54) is 24.3 Å². The number of fused-ring (bicyclic) bond motifs is 2. The highest BCUT2D eigenvalue weighted by molar-refractivity contribution is 5.87. The van der Waals surface area contributed by atoms with Gasteiger partial charge >= 0.3 is 37.1 Å². The van der Waals surface area contributed by atoms with E-state index < -0.39 is 121 Å². The Morgan fingerprint density at radius 1 is 0.762 bits per heavy atom. The number of esters is 1. The molecule has 3 fully saturated rings. The van der Waals surface area contributed by atoms with Crippen molar-refractivity contribution < 1.29 is 86.8 Å². The predicted molar refractivity (Wildman–Crippen MR) is 277 cm³/mol. The van der Waals surface area contributed by atoms with Crippen molar-refractivity contribution in [1.82, 2.24) is 51.0 Å². The summed E-state index contributed by atoms with van der Waals surface area (Å²) in [5, 5.41) is 10.1. The van der Waals surface area contributed by atoms with Crippen molar-refractivity contribution in [3.63, 3.8) is 0 Å². The summed E-state index contributed by atoms with van der Waals surface area (Å²) in [4.78, 5) is 80.4. The lowest BCUT2D eigenvalue weighted by Gasteiger charge is -2.47. The van der Waals surface area contributed by atoms with Crippen LogP contribution in [0.1, 0.15) is 76.3 Å². The molecule has 3 saturated heterocycles. The Balaban J connectivity index is 1.23.